The molecular weight excluding hydrogens is 384 g/mol. The Morgan fingerprint density at radius 3 is 2.73 bits per heavy atom. The summed E-state index contributed by atoms with van der Waals surface area (Å²) >= 11 is 0. The second-order valence-electron chi connectivity index (χ2n) is 8.19. The summed E-state index contributed by atoms with van der Waals surface area (Å²) in [6.45, 7) is 6.90. The third kappa shape index (κ3) is 4.34. The Kier molecular flexibility index (Phi) is 6.19. The topological polar surface area (TPSA) is 109 Å². The van der Waals surface area contributed by atoms with Gasteiger partial charge in [-0.3, -0.25) is 24.0 Å². The maximum absolute atomic E-state index is 12.9. The van der Waals surface area contributed by atoms with Crippen LogP contribution in [-0.2, 0) is 17.9 Å². The van der Waals surface area contributed by atoms with E-state index in [0.717, 1.165) is 12.0 Å². The molecule has 0 saturated heterocycles. The summed E-state index contributed by atoms with van der Waals surface area (Å²) in [7, 11) is 1.60. The Bertz CT molecular complexity index is 939. The molecular formula is C21H28N6O3. The van der Waals surface area contributed by atoms with E-state index in [9.17, 15) is 14.4 Å². The van der Waals surface area contributed by atoms with E-state index < -0.39 is 5.54 Å². The van der Waals surface area contributed by atoms with Gasteiger partial charge in [-0.1, -0.05) is 19.9 Å². The molecule has 3 heterocycles. The van der Waals surface area contributed by atoms with Crippen LogP contribution in [0.4, 0.5) is 0 Å². The van der Waals surface area contributed by atoms with Crippen LogP contribution >= 0.6 is 0 Å². The molecule has 0 unspecified atom stereocenters. The average molecular weight is 412 g/mol. The van der Waals surface area contributed by atoms with Crippen LogP contribution in [0.1, 0.15) is 53.7 Å². The molecule has 9 heteroatoms. The summed E-state index contributed by atoms with van der Waals surface area (Å²) in [5.74, 6) is -0.502. The van der Waals surface area contributed by atoms with Gasteiger partial charge in [-0.25, -0.2) is 0 Å². The van der Waals surface area contributed by atoms with E-state index in [-0.39, 0.29) is 35.7 Å². The predicted molar refractivity (Wildman–Crippen MR) is 111 cm³/mol. The van der Waals surface area contributed by atoms with Crippen LogP contribution in [0.15, 0.2) is 30.6 Å². The number of nitrogens with zero attached hydrogens (tertiary/aromatic N) is 4. The minimum Gasteiger partial charge on any atom is -0.354 e. The molecule has 1 aliphatic rings. The zero-order valence-electron chi connectivity index (χ0n) is 17.8. The second-order valence-corrected chi connectivity index (χ2v) is 8.19. The van der Waals surface area contributed by atoms with Gasteiger partial charge in [0.2, 0.25) is 5.91 Å². The van der Waals surface area contributed by atoms with Crippen molar-refractivity contribution >= 4 is 17.7 Å². The number of hydrogen-bond acceptors (Lipinski definition) is 5. The van der Waals surface area contributed by atoms with Gasteiger partial charge in [0.05, 0.1) is 6.54 Å². The second kappa shape index (κ2) is 8.64. The Morgan fingerprint density at radius 1 is 1.30 bits per heavy atom. The summed E-state index contributed by atoms with van der Waals surface area (Å²) in [5.41, 5.74) is 0.198. The van der Waals surface area contributed by atoms with Crippen molar-refractivity contribution < 1.29 is 14.4 Å². The van der Waals surface area contributed by atoms with Gasteiger partial charge in [0.1, 0.15) is 11.2 Å². The van der Waals surface area contributed by atoms with Crippen molar-refractivity contribution in [3.63, 3.8) is 0 Å². The van der Waals surface area contributed by atoms with Gasteiger partial charge in [-0.2, -0.15) is 5.10 Å². The zero-order chi connectivity index (χ0) is 21.9. The molecule has 3 amide bonds. The summed E-state index contributed by atoms with van der Waals surface area (Å²) in [4.78, 5) is 43.7. The third-order valence-electron chi connectivity index (χ3n) is 5.41. The molecule has 0 bridgehead atoms. The van der Waals surface area contributed by atoms with Crippen molar-refractivity contribution in [1.82, 2.24) is 30.3 Å². The fraction of sp³-hybridized carbons (Fsp3) is 0.476. The van der Waals surface area contributed by atoms with Crippen LogP contribution in [0.5, 0.6) is 0 Å². The number of carbonyl (C=O) groups is 3. The lowest BCUT2D eigenvalue weighted by Gasteiger charge is -2.40. The first-order chi connectivity index (χ1) is 14.2. The average Bonchev–Trinajstić information content (AvgIpc) is 3.14. The highest BCUT2D eigenvalue weighted by Crippen LogP contribution is 2.26. The Labute approximate surface area is 175 Å². The van der Waals surface area contributed by atoms with Gasteiger partial charge in [0, 0.05) is 38.6 Å². The van der Waals surface area contributed by atoms with E-state index in [1.54, 1.807) is 32.4 Å². The molecule has 2 aromatic heterocycles. The molecule has 1 atom stereocenters. The predicted octanol–water partition coefficient (Wildman–Crippen LogP) is 1.21. The van der Waals surface area contributed by atoms with Gasteiger partial charge in [-0.15, -0.1) is 0 Å². The molecule has 0 fully saturated rings. The van der Waals surface area contributed by atoms with Gasteiger partial charge < -0.3 is 15.5 Å². The first-order valence-electron chi connectivity index (χ1n) is 10.0. The van der Waals surface area contributed by atoms with E-state index in [1.165, 1.54) is 15.6 Å². The van der Waals surface area contributed by atoms with Gasteiger partial charge in [0.25, 0.3) is 11.8 Å². The van der Waals surface area contributed by atoms with E-state index in [1.807, 2.05) is 6.07 Å². The number of aromatic nitrogens is 3. The van der Waals surface area contributed by atoms with Crippen molar-refractivity contribution in [1.29, 1.82) is 0 Å². The van der Waals surface area contributed by atoms with Crippen molar-refractivity contribution in [2.45, 2.75) is 45.8 Å². The molecule has 9 nitrogen and oxygen atoms in total. The summed E-state index contributed by atoms with van der Waals surface area (Å²) in [5, 5.41) is 9.98. The summed E-state index contributed by atoms with van der Waals surface area (Å²) in [6, 6.07) is 5.11. The molecule has 0 saturated carbocycles. The largest absolute Gasteiger partial charge is 0.354 e. The molecule has 0 spiro atoms. The Hall–Kier alpha value is -3.23. The van der Waals surface area contributed by atoms with Crippen molar-refractivity contribution in [2.75, 3.05) is 13.6 Å². The number of nitrogens with one attached hydrogen (secondary N) is 2. The first-order valence-corrected chi connectivity index (χ1v) is 10.0. The number of amides is 3. The van der Waals surface area contributed by atoms with Crippen LogP contribution in [0.2, 0.25) is 0 Å². The minimum absolute atomic E-state index is 0.139. The Balaban J connectivity index is 1.73. The first kappa shape index (κ1) is 21.5. The number of likely N-dealkylation sites (N-methyl/N-ethyl adjacent to an activating group) is 1. The lowest BCUT2D eigenvalue weighted by molar-refractivity contribution is -0.132. The fourth-order valence-corrected chi connectivity index (χ4v) is 3.28. The highest BCUT2D eigenvalue weighted by atomic mass is 16.2. The fourth-order valence-electron chi connectivity index (χ4n) is 3.28. The van der Waals surface area contributed by atoms with Crippen LogP contribution in [0.3, 0.4) is 0 Å². The molecule has 160 valence electrons. The van der Waals surface area contributed by atoms with E-state index in [4.69, 9.17) is 0 Å². The van der Waals surface area contributed by atoms with Gasteiger partial charge in [-0.05, 0) is 30.9 Å². The summed E-state index contributed by atoms with van der Waals surface area (Å²) in [6.07, 6.45) is 4.18. The molecule has 2 N–H and O–H groups in total. The maximum atomic E-state index is 12.9. The SMILES string of the molecule is CC(C)CCNC(=O)[C@]1(C)Cn2nc(C(=O)NCc3cccnc3)cc2C(=O)N1C. The highest BCUT2D eigenvalue weighted by molar-refractivity contribution is 6.01. The number of fused-ring (bicyclic) bond motifs is 1. The van der Waals surface area contributed by atoms with Crippen molar-refractivity contribution in [2.24, 2.45) is 5.92 Å². The lowest BCUT2D eigenvalue weighted by Crippen LogP contribution is -2.62. The van der Waals surface area contributed by atoms with Gasteiger partial charge in [0.15, 0.2) is 5.69 Å². The monoisotopic (exact) mass is 412 g/mol. The van der Waals surface area contributed by atoms with Crippen LogP contribution in [0.25, 0.3) is 0 Å². The zero-order valence-corrected chi connectivity index (χ0v) is 17.8. The molecule has 0 radical (unpaired) electrons. The van der Waals surface area contributed by atoms with Crippen LogP contribution in [-0.4, -0.2) is 56.5 Å². The number of hydrogen-bond donors (Lipinski definition) is 2. The van der Waals surface area contributed by atoms with E-state index >= 15 is 0 Å². The summed E-state index contributed by atoms with van der Waals surface area (Å²) < 4.78 is 1.45. The normalized spacial score (nSPS) is 18.3. The number of rotatable bonds is 7. The smallest absolute Gasteiger partial charge is 0.272 e. The van der Waals surface area contributed by atoms with E-state index in [0.29, 0.717) is 19.0 Å². The van der Waals surface area contributed by atoms with Crippen LogP contribution in [0, 0.1) is 5.92 Å². The Morgan fingerprint density at radius 2 is 2.07 bits per heavy atom. The van der Waals surface area contributed by atoms with Crippen molar-refractivity contribution in [3.8, 4) is 0 Å². The van der Waals surface area contributed by atoms with Crippen molar-refractivity contribution in [3.05, 3.63) is 47.5 Å². The minimum atomic E-state index is -1.09. The molecule has 1 aliphatic heterocycles. The maximum Gasteiger partial charge on any atom is 0.272 e. The standard InChI is InChI=1S/C21H28N6O3/c1-14(2)7-9-23-20(30)21(3)13-27-17(19(29)26(21)4)10-16(25-27)18(28)24-12-15-6-5-8-22-11-15/h5-6,8,10-11,14H,7,9,12-13H2,1-4H3,(H,23,30)(H,24,28)/t21-/m0/s1. The molecule has 0 aliphatic carbocycles. The van der Waals surface area contributed by atoms with Crippen LogP contribution < -0.4 is 10.6 Å². The molecule has 3 rings (SSSR count). The molecule has 30 heavy (non-hydrogen) atoms. The number of carbonyl (C=O) groups excluding carboxylic acids is 3. The van der Waals surface area contributed by atoms with Gasteiger partial charge >= 0.3 is 0 Å². The molecule has 0 aromatic carbocycles. The lowest BCUT2D eigenvalue weighted by atomic mass is 9.95. The van der Waals surface area contributed by atoms with E-state index in [2.05, 4.69) is 34.6 Å². The third-order valence-corrected chi connectivity index (χ3v) is 5.41. The number of pyridine rings is 1. The highest BCUT2D eigenvalue weighted by Gasteiger charge is 2.46. The molecule has 2 aromatic rings. The quantitative estimate of drug-likeness (QED) is 0.711.